The lowest BCUT2D eigenvalue weighted by molar-refractivity contribution is -0.484. The Morgan fingerprint density at radius 3 is 2.94 bits per heavy atom. The Morgan fingerprint density at radius 2 is 2.38 bits per heavy atom. The van der Waals surface area contributed by atoms with Gasteiger partial charge < -0.3 is 0 Å². The van der Waals surface area contributed by atoms with Gasteiger partial charge in [-0.05, 0) is 24.8 Å². The fourth-order valence-electron chi connectivity index (χ4n) is 1.88. The summed E-state index contributed by atoms with van der Waals surface area (Å²) in [5.41, 5.74) is 0.319. The molecule has 1 atom stereocenters. The first-order valence-electron chi connectivity index (χ1n) is 5.01. The van der Waals surface area contributed by atoms with E-state index in [1.807, 2.05) is 0 Å². The third-order valence-electron chi connectivity index (χ3n) is 2.81. The van der Waals surface area contributed by atoms with Crippen LogP contribution in [0.3, 0.4) is 0 Å². The Labute approximate surface area is 96.6 Å². The normalized spacial score (nSPS) is 17.1. The summed E-state index contributed by atoms with van der Waals surface area (Å²) in [5, 5.41) is 10.3. The van der Waals surface area contributed by atoms with Gasteiger partial charge in [-0.1, -0.05) is 11.6 Å². The zero-order chi connectivity index (χ0) is 11.7. The van der Waals surface area contributed by atoms with Crippen LogP contribution in [0.4, 0.5) is 4.39 Å². The lowest BCUT2D eigenvalue weighted by Gasteiger charge is -2.13. The standard InChI is InChI=1S/C10H10ClFN2O2/c11-10-9(12)7(3-4-13-10)8(5-14(15)16)6-1-2-6/h3-4,6,8H,1-2,5H2. The molecule has 1 aliphatic carbocycles. The molecule has 6 heteroatoms. The Balaban J connectivity index is 2.30. The summed E-state index contributed by atoms with van der Waals surface area (Å²) < 4.78 is 13.7. The van der Waals surface area contributed by atoms with Gasteiger partial charge in [0.1, 0.15) is 0 Å². The molecule has 0 amide bonds. The monoisotopic (exact) mass is 244 g/mol. The maximum atomic E-state index is 13.7. The topological polar surface area (TPSA) is 56.0 Å². The average Bonchev–Trinajstić information content (AvgIpc) is 3.02. The van der Waals surface area contributed by atoms with E-state index in [1.54, 1.807) is 0 Å². The van der Waals surface area contributed by atoms with Crippen LogP contribution in [0.2, 0.25) is 5.15 Å². The largest absolute Gasteiger partial charge is 0.265 e. The van der Waals surface area contributed by atoms with Gasteiger partial charge in [-0.2, -0.15) is 0 Å². The molecule has 0 aromatic carbocycles. The van der Waals surface area contributed by atoms with Crippen LogP contribution >= 0.6 is 11.6 Å². The highest BCUT2D eigenvalue weighted by atomic mass is 35.5. The number of hydrogen-bond donors (Lipinski definition) is 0. The summed E-state index contributed by atoms with van der Waals surface area (Å²) in [6, 6.07) is 1.48. The number of aromatic nitrogens is 1. The lowest BCUT2D eigenvalue weighted by Crippen LogP contribution is -2.16. The molecule has 0 N–H and O–H groups in total. The highest BCUT2D eigenvalue weighted by Gasteiger charge is 2.37. The highest BCUT2D eigenvalue weighted by molar-refractivity contribution is 6.29. The molecule has 2 rings (SSSR count). The SMILES string of the molecule is O=[N+]([O-])CC(c1ccnc(Cl)c1F)C1CC1. The van der Waals surface area contributed by atoms with Gasteiger partial charge in [0.05, 0.1) is 5.92 Å². The molecule has 16 heavy (non-hydrogen) atoms. The highest BCUT2D eigenvalue weighted by Crippen LogP contribution is 2.43. The third-order valence-corrected chi connectivity index (χ3v) is 3.08. The molecule has 0 aliphatic heterocycles. The van der Waals surface area contributed by atoms with Crippen LogP contribution < -0.4 is 0 Å². The third kappa shape index (κ3) is 2.29. The predicted molar refractivity (Wildman–Crippen MR) is 56.5 cm³/mol. The maximum Gasteiger partial charge on any atom is 0.211 e. The number of rotatable bonds is 4. The van der Waals surface area contributed by atoms with E-state index in [2.05, 4.69) is 4.98 Å². The number of halogens is 2. The Morgan fingerprint density at radius 1 is 1.69 bits per heavy atom. The van der Waals surface area contributed by atoms with E-state index in [-0.39, 0.29) is 23.5 Å². The zero-order valence-electron chi connectivity index (χ0n) is 8.40. The molecule has 0 saturated heterocycles. The minimum atomic E-state index is -0.622. The molecule has 1 aromatic heterocycles. The molecular formula is C10H10ClFN2O2. The molecule has 1 heterocycles. The molecule has 0 spiro atoms. The fourth-order valence-corrected chi connectivity index (χ4v) is 2.04. The second-order valence-electron chi connectivity index (χ2n) is 3.96. The number of pyridine rings is 1. The number of hydrogen-bond acceptors (Lipinski definition) is 3. The van der Waals surface area contributed by atoms with Crippen molar-refractivity contribution in [1.29, 1.82) is 0 Å². The maximum absolute atomic E-state index is 13.7. The van der Waals surface area contributed by atoms with Crippen molar-refractivity contribution in [2.24, 2.45) is 5.92 Å². The first kappa shape index (κ1) is 11.3. The van der Waals surface area contributed by atoms with Gasteiger partial charge in [-0.15, -0.1) is 0 Å². The minimum absolute atomic E-state index is 0.207. The number of nitro groups is 1. The quantitative estimate of drug-likeness (QED) is 0.465. The van der Waals surface area contributed by atoms with Crippen molar-refractivity contribution in [3.63, 3.8) is 0 Å². The van der Waals surface area contributed by atoms with Gasteiger partial charge in [0.15, 0.2) is 11.0 Å². The molecule has 1 saturated carbocycles. The van der Waals surface area contributed by atoms with Gasteiger partial charge in [0.2, 0.25) is 6.54 Å². The smallest absolute Gasteiger partial charge is 0.211 e. The van der Waals surface area contributed by atoms with Crippen molar-refractivity contribution < 1.29 is 9.31 Å². The van der Waals surface area contributed by atoms with Crippen LogP contribution in [-0.4, -0.2) is 16.5 Å². The fraction of sp³-hybridized carbons (Fsp3) is 0.500. The van der Waals surface area contributed by atoms with Crippen LogP contribution in [0.15, 0.2) is 12.3 Å². The molecule has 1 aromatic rings. The molecule has 0 bridgehead atoms. The molecular weight excluding hydrogens is 235 g/mol. The van der Waals surface area contributed by atoms with Gasteiger partial charge in [0.25, 0.3) is 0 Å². The summed E-state index contributed by atoms with van der Waals surface area (Å²) in [7, 11) is 0. The molecule has 1 fully saturated rings. The summed E-state index contributed by atoms with van der Waals surface area (Å²) in [4.78, 5) is 13.7. The second kappa shape index (κ2) is 4.33. The summed E-state index contributed by atoms with van der Waals surface area (Å²) in [5.74, 6) is -0.795. The van der Waals surface area contributed by atoms with Gasteiger partial charge in [0, 0.05) is 16.7 Å². The van der Waals surface area contributed by atoms with E-state index < -0.39 is 10.7 Å². The summed E-state index contributed by atoms with van der Waals surface area (Å²) in [6.07, 6.45) is 3.21. The predicted octanol–water partition coefficient (Wildman–Crippen LogP) is 2.64. The molecule has 0 radical (unpaired) electrons. The lowest BCUT2D eigenvalue weighted by atomic mass is 9.95. The van der Waals surface area contributed by atoms with Crippen LogP contribution in [0, 0.1) is 21.8 Å². The van der Waals surface area contributed by atoms with Crippen molar-refractivity contribution in [2.45, 2.75) is 18.8 Å². The summed E-state index contributed by atoms with van der Waals surface area (Å²) in [6.45, 7) is -0.248. The minimum Gasteiger partial charge on any atom is -0.265 e. The van der Waals surface area contributed by atoms with Crippen LogP contribution in [0.1, 0.15) is 24.3 Å². The van der Waals surface area contributed by atoms with E-state index >= 15 is 0 Å². The first-order chi connectivity index (χ1) is 7.59. The van der Waals surface area contributed by atoms with E-state index in [9.17, 15) is 14.5 Å². The zero-order valence-corrected chi connectivity index (χ0v) is 9.15. The molecule has 86 valence electrons. The van der Waals surface area contributed by atoms with Gasteiger partial charge >= 0.3 is 0 Å². The van der Waals surface area contributed by atoms with Crippen molar-refractivity contribution in [1.82, 2.24) is 4.98 Å². The average molecular weight is 245 g/mol. The van der Waals surface area contributed by atoms with E-state index in [4.69, 9.17) is 11.6 Å². The van der Waals surface area contributed by atoms with Crippen LogP contribution in [-0.2, 0) is 0 Å². The number of nitrogens with zero attached hydrogens (tertiary/aromatic N) is 2. The van der Waals surface area contributed by atoms with Crippen molar-refractivity contribution >= 4 is 11.6 Å². The Bertz CT molecular complexity index is 423. The second-order valence-corrected chi connectivity index (χ2v) is 4.32. The van der Waals surface area contributed by atoms with E-state index in [1.165, 1.54) is 12.3 Å². The molecule has 1 unspecified atom stereocenters. The van der Waals surface area contributed by atoms with Crippen molar-refractivity contribution in [3.05, 3.63) is 38.9 Å². The van der Waals surface area contributed by atoms with Crippen LogP contribution in [0.5, 0.6) is 0 Å². The van der Waals surface area contributed by atoms with E-state index in [0.29, 0.717) is 5.56 Å². The Kier molecular flexibility index (Phi) is 3.05. The Hall–Kier alpha value is -1.23. The van der Waals surface area contributed by atoms with Gasteiger partial charge in [-0.3, -0.25) is 10.1 Å². The van der Waals surface area contributed by atoms with E-state index in [0.717, 1.165) is 12.8 Å². The molecule has 1 aliphatic rings. The summed E-state index contributed by atoms with van der Waals surface area (Å²) >= 11 is 5.56. The van der Waals surface area contributed by atoms with Gasteiger partial charge in [-0.25, -0.2) is 9.37 Å². The van der Waals surface area contributed by atoms with Crippen molar-refractivity contribution in [3.8, 4) is 0 Å². The van der Waals surface area contributed by atoms with Crippen molar-refractivity contribution in [2.75, 3.05) is 6.54 Å². The van der Waals surface area contributed by atoms with Crippen LogP contribution in [0.25, 0.3) is 0 Å². The molecule has 4 nitrogen and oxygen atoms in total. The first-order valence-corrected chi connectivity index (χ1v) is 5.39.